The van der Waals surface area contributed by atoms with Gasteiger partial charge in [-0.25, -0.2) is 9.78 Å². The Bertz CT molecular complexity index is 967. The summed E-state index contributed by atoms with van der Waals surface area (Å²) in [5, 5.41) is 0.775. The van der Waals surface area contributed by atoms with Crippen LogP contribution in [0.25, 0.3) is 10.2 Å². The number of thiazole rings is 1. The molecule has 144 valence electrons. The number of para-hydroxylation sites is 1. The first-order valence-electron chi connectivity index (χ1n) is 9.26. The van der Waals surface area contributed by atoms with Crippen LogP contribution in [-0.2, 0) is 16.1 Å². The molecule has 1 aliphatic rings. The molecule has 1 atom stereocenters. The molecule has 1 aliphatic heterocycles. The maximum atomic E-state index is 12.3. The minimum atomic E-state index is -0.375. The number of rotatable bonds is 5. The van der Waals surface area contributed by atoms with Crippen molar-refractivity contribution >= 4 is 39.1 Å². The van der Waals surface area contributed by atoms with E-state index in [9.17, 15) is 9.59 Å². The fourth-order valence-corrected chi connectivity index (χ4v) is 4.33. The van der Waals surface area contributed by atoms with Crippen molar-refractivity contribution in [1.82, 2.24) is 4.98 Å². The molecule has 1 amide bonds. The molecular formula is C21H21N3O3S. The van der Waals surface area contributed by atoms with E-state index < -0.39 is 0 Å². The van der Waals surface area contributed by atoms with Gasteiger partial charge in [0.2, 0.25) is 5.91 Å². The Balaban J connectivity index is 1.37. The highest BCUT2D eigenvalue weighted by Crippen LogP contribution is 2.25. The van der Waals surface area contributed by atoms with Crippen molar-refractivity contribution in [2.45, 2.75) is 19.4 Å². The topological polar surface area (TPSA) is 85.5 Å². The summed E-state index contributed by atoms with van der Waals surface area (Å²) in [7, 11) is 0. The van der Waals surface area contributed by atoms with Crippen LogP contribution in [0, 0.1) is 5.92 Å². The Hall–Kier alpha value is -2.93. The summed E-state index contributed by atoms with van der Waals surface area (Å²) in [5.41, 5.74) is 7.84. The largest absolute Gasteiger partial charge is 0.455 e. The van der Waals surface area contributed by atoms with Crippen LogP contribution in [0.1, 0.15) is 28.2 Å². The van der Waals surface area contributed by atoms with Gasteiger partial charge in [0.15, 0.2) is 0 Å². The van der Waals surface area contributed by atoms with Crippen LogP contribution in [0.4, 0.5) is 5.69 Å². The van der Waals surface area contributed by atoms with Gasteiger partial charge in [-0.3, -0.25) is 4.79 Å². The summed E-state index contributed by atoms with van der Waals surface area (Å²) < 4.78 is 6.49. The number of carbonyl (C=O) groups is 2. The van der Waals surface area contributed by atoms with E-state index in [4.69, 9.17) is 10.5 Å². The van der Waals surface area contributed by atoms with Crippen LogP contribution in [0.5, 0.6) is 0 Å². The van der Waals surface area contributed by atoms with Gasteiger partial charge in [-0.1, -0.05) is 12.1 Å². The molecule has 2 heterocycles. The molecular weight excluding hydrogens is 374 g/mol. The Morgan fingerprint density at radius 1 is 1.18 bits per heavy atom. The number of benzene rings is 2. The lowest BCUT2D eigenvalue weighted by atomic mass is 9.97. The molecule has 6 nitrogen and oxygen atoms in total. The molecule has 7 heteroatoms. The Morgan fingerprint density at radius 2 is 1.96 bits per heavy atom. The van der Waals surface area contributed by atoms with Crippen molar-refractivity contribution in [3.63, 3.8) is 0 Å². The Morgan fingerprint density at radius 3 is 2.71 bits per heavy atom. The zero-order valence-corrected chi connectivity index (χ0v) is 16.2. The van der Waals surface area contributed by atoms with Crippen LogP contribution in [-0.4, -0.2) is 29.9 Å². The van der Waals surface area contributed by atoms with Crippen molar-refractivity contribution in [3.8, 4) is 0 Å². The van der Waals surface area contributed by atoms with Gasteiger partial charge in [0.05, 0.1) is 21.7 Å². The third-order valence-corrected chi connectivity index (χ3v) is 5.97. The molecule has 0 spiro atoms. The highest BCUT2D eigenvalue weighted by atomic mass is 32.1. The van der Waals surface area contributed by atoms with E-state index in [1.807, 2.05) is 36.4 Å². The van der Waals surface area contributed by atoms with Gasteiger partial charge >= 0.3 is 5.97 Å². The molecule has 0 unspecified atom stereocenters. The fraction of sp³-hybridized carbons (Fsp3) is 0.286. The molecule has 1 saturated heterocycles. The number of amides is 1. The first-order chi connectivity index (χ1) is 13.6. The van der Waals surface area contributed by atoms with Gasteiger partial charge < -0.3 is 15.4 Å². The SMILES string of the molecule is NC(=O)[C@@H]1CCCN(c2ccc(C(=O)OCc3nc4ccccc4s3)cc2)C1. The maximum absolute atomic E-state index is 12.3. The Labute approximate surface area is 166 Å². The third-order valence-electron chi connectivity index (χ3n) is 4.96. The zero-order chi connectivity index (χ0) is 19.5. The van der Waals surface area contributed by atoms with E-state index in [0.717, 1.165) is 40.3 Å². The average Bonchev–Trinajstić information content (AvgIpc) is 3.15. The second kappa shape index (κ2) is 7.98. The van der Waals surface area contributed by atoms with E-state index in [1.54, 1.807) is 12.1 Å². The summed E-state index contributed by atoms with van der Waals surface area (Å²) in [6, 6.07) is 15.1. The van der Waals surface area contributed by atoms with E-state index in [-0.39, 0.29) is 24.4 Å². The molecule has 1 fully saturated rings. The van der Waals surface area contributed by atoms with Crippen LogP contribution < -0.4 is 10.6 Å². The van der Waals surface area contributed by atoms with Crippen LogP contribution in [0.15, 0.2) is 48.5 Å². The zero-order valence-electron chi connectivity index (χ0n) is 15.3. The summed E-state index contributed by atoms with van der Waals surface area (Å²) in [4.78, 5) is 30.4. The van der Waals surface area contributed by atoms with Crippen LogP contribution in [0.3, 0.4) is 0 Å². The molecule has 1 aromatic heterocycles. The van der Waals surface area contributed by atoms with E-state index in [2.05, 4.69) is 9.88 Å². The molecule has 2 N–H and O–H groups in total. The molecule has 0 bridgehead atoms. The van der Waals surface area contributed by atoms with Gasteiger partial charge in [0, 0.05) is 18.8 Å². The number of anilines is 1. The molecule has 3 aromatic rings. The summed E-state index contributed by atoms with van der Waals surface area (Å²) in [5.74, 6) is -0.744. The van der Waals surface area contributed by atoms with E-state index >= 15 is 0 Å². The number of nitrogens with two attached hydrogens (primary N) is 1. The number of fused-ring (bicyclic) bond motifs is 1. The monoisotopic (exact) mass is 395 g/mol. The second-order valence-corrected chi connectivity index (χ2v) is 8.00. The van der Waals surface area contributed by atoms with Crippen LogP contribution in [0.2, 0.25) is 0 Å². The molecule has 2 aromatic carbocycles. The number of hydrogen-bond acceptors (Lipinski definition) is 6. The van der Waals surface area contributed by atoms with E-state index in [1.165, 1.54) is 11.3 Å². The molecule has 0 saturated carbocycles. The van der Waals surface area contributed by atoms with Gasteiger partial charge in [-0.2, -0.15) is 0 Å². The third kappa shape index (κ3) is 3.99. The van der Waals surface area contributed by atoms with Crippen molar-refractivity contribution in [2.24, 2.45) is 11.7 Å². The highest BCUT2D eigenvalue weighted by molar-refractivity contribution is 7.18. The minimum absolute atomic E-state index is 0.118. The molecule has 4 rings (SSSR count). The van der Waals surface area contributed by atoms with Crippen molar-refractivity contribution in [1.29, 1.82) is 0 Å². The number of hydrogen-bond donors (Lipinski definition) is 1. The molecule has 28 heavy (non-hydrogen) atoms. The van der Waals surface area contributed by atoms with Crippen molar-refractivity contribution in [3.05, 3.63) is 59.1 Å². The number of piperidine rings is 1. The summed E-state index contributed by atoms with van der Waals surface area (Å²) in [6.07, 6.45) is 1.77. The summed E-state index contributed by atoms with van der Waals surface area (Å²) in [6.45, 7) is 1.66. The first kappa shape index (κ1) is 18.4. The first-order valence-corrected chi connectivity index (χ1v) is 10.1. The number of nitrogens with zero attached hydrogens (tertiary/aromatic N) is 2. The fourth-order valence-electron chi connectivity index (χ4n) is 3.44. The predicted molar refractivity (Wildman–Crippen MR) is 109 cm³/mol. The summed E-state index contributed by atoms with van der Waals surface area (Å²) >= 11 is 1.53. The minimum Gasteiger partial charge on any atom is -0.455 e. The number of primary amides is 1. The number of ether oxygens (including phenoxy) is 1. The highest BCUT2D eigenvalue weighted by Gasteiger charge is 2.24. The lowest BCUT2D eigenvalue weighted by Gasteiger charge is -2.33. The van der Waals surface area contributed by atoms with Gasteiger partial charge in [-0.15, -0.1) is 11.3 Å². The predicted octanol–water partition coefficient (Wildman–Crippen LogP) is 3.36. The molecule has 0 radical (unpaired) electrons. The Kier molecular flexibility index (Phi) is 5.25. The van der Waals surface area contributed by atoms with Gasteiger partial charge in [0.1, 0.15) is 11.6 Å². The van der Waals surface area contributed by atoms with E-state index in [0.29, 0.717) is 12.1 Å². The average molecular weight is 395 g/mol. The van der Waals surface area contributed by atoms with Gasteiger partial charge in [-0.05, 0) is 49.2 Å². The standard InChI is InChI=1S/C21H21N3O3S/c22-20(25)15-4-3-11-24(12-15)16-9-7-14(8-10-16)21(26)27-13-19-23-17-5-1-2-6-18(17)28-19/h1-2,5-10,15H,3-4,11-13H2,(H2,22,25)/t15-/m1/s1. The van der Waals surface area contributed by atoms with Crippen molar-refractivity contribution < 1.29 is 14.3 Å². The second-order valence-electron chi connectivity index (χ2n) is 6.89. The lowest BCUT2D eigenvalue weighted by molar-refractivity contribution is -0.122. The lowest BCUT2D eigenvalue weighted by Crippen LogP contribution is -2.41. The smallest absolute Gasteiger partial charge is 0.338 e. The normalized spacial score (nSPS) is 16.9. The molecule has 0 aliphatic carbocycles. The maximum Gasteiger partial charge on any atom is 0.338 e. The van der Waals surface area contributed by atoms with Crippen LogP contribution >= 0.6 is 11.3 Å². The van der Waals surface area contributed by atoms with Crippen molar-refractivity contribution in [2.75, 3.05) is 18.0 Å². The quantitative estimate of drug-likeness (QED) is 0.670. The van der Waals surface area contributed by atoms with Gasteiger partial charge in [0.25, 0.3) is 0 Å². The number of carbonyl (C=O) groups excluding carboxylic acids is 2. The number of aromatic nitrogens is 1. The number of esters is 1.